The molecule has 2 rings (SSSR count). The van der Waals surface area contributed by atoms with Crippen molar-refractivity contribution in [3.05, 3.63) is 45.4 Å². The molecule has 0 saturated carbocycles. The number of nitrogen functional groups attached to an aromatic ring is 1. The van der Waals surface area contributed by atoms with Crippen molar-refractivity contribution < 1.29 is 32.5 Å². The number of phenolic OH excluding ortho intramolecular Hbond substituents is 1. The van der Waals surface area contributed by atoms with Gasteiger partial charge in [-0.2, -0.15) is 13.2 Å². The van der Waals surface area contributed by atoms with Crippen LogP contribution >= 0.6 is 15.9 Å². The highest BCUT2D eigenvalue weighted by atomic mass is 79.9. The highest BCUT2D eigenvalue weighted by Gasteiger charge is 2.28. The van der Waals surface area contributed by atoms with E-state index < -0.39 is 30.6 Å². The Morgan fingerprint density at radius 2 is 1.80 bits per heavy atom. The van der Waals surface area contributed by atoms with Gasteiger partial charge in [-0.05, 0) is 60.0 Å². The van der Waals surface area contributed by atoms with E-state index >= 15 is 0 Å². The van der Waals surface area contributed by atoms with E-state index in [0.29, 0.717) is 17.9 Å². The molecule has 0 aliphatic carbocycles. The second kappa shape index (κ2) is 10.1. The maximum absolute atomic E-state index is 12.6. The molecule has 0 bridgehead atoms. The van der Waals surface area contributed by atoms with E-state index in [9.17, 15) is 23.1 Å². The molecule has 0 fully saturated rings. The van der Waals surface area contributed by atoms with Gasteiger partial charge in [0.1, 0.15) is 17.2 Å². The number of carbonyl (C=O) groups excluding carboxylic acids is 1. The lowest BCUT2D eigenvalue weighted by atomic mass is 10.0. The lowest BCUT2D eigenvalue weighted by Gasteiger charge is -2.16. The Morgan fingerprint density at radius 3 is 2.40 bits per heavy atom. The zero-order valence-corrected chi connectivity index (χ0v) is 18.2. The molecule has 0 heterocycles. The molecule has 2 aromatic carbocycles. The number of hydrogen-bond donors (Lipinski definition) is 2. The largest absolute Gasteiger partial charge is 0.507 e. The highest BCUT2D eigenvalue weighted by molar-refractivity contribution is 9.10. The normalized spacial score (nSPS) is 11.4. The maximum atomic E-state index is 12.6. The van der Waals surface area contributed by atoms with Crippen molar-refractivity contribution in [2.75, 3.05) is 18.9 Å². The molecule has 0 aromatic heterocycles. The molecule has 0 spiro atoms. The Labute approximate surface area is 181 Å². The van der Waals surface area contributed by atoms with Gasteiger partial charge in [0.25, 0.3) is 0 Å². The number of nitrogens with two attached hydrogens (primary N) is 1. The van der Waals surface area contributed by atoms with E-state index in [1.807, 2.05) is 13.0 Å². The summed E-state index contributed by atoms with van der Waals surface area (Å²) >= 11 is 3.40. The molecule has 30 heavy (non-hydrogen) atoms. The van der Waals surface area contributed by atoms with Gasteiger partial charge in [0.05, 0.1) is 23.2 Å². The number of ether oxygens (including phenoxy) is 2. The first kappa shape index (κ1) is 23.9. The third-order valence-electron chi connectivity index (χ3n) is 4.40. The van der Waals surface area contributed by atoms with E-state index in [0.717, 1.165) is 10.0 Å². The van der Waals surface area contributed by atoms with Crippen molar-refractivity contribution >= 4 is 27.4 Å². The van der Waals surface area contributed by atoms with Crippen LogP contribution in [-0.4, -0.2) is 30.3 Å². The summed E-state index contributed by atoms with van der Waals surface area (Å²) in [5.41, 5.74) is 7.31. The fraction of sp³-hybridized carbons (Fsp3) is 0.381. The smallest absolute Gasteiger partial charge is 0.389 e. The number of aryl methyl sites for hydroxylation is 1. The van der Waals surface area contributed by atoms with Gasteiger partial charge in [-0.15, -0.1) is 0 Å². The number of rotatable bonds is 9. The van der Waals surface area contributed by atoms with Crippen LogP contribution in [0.1, 0.15) is 41.3 Å². The van der Waals surface area contributed by atoms with Gasteiger partial charge in [-0.1, -0.05) is 0 Å². The number of halogens is 4. The molecule has 9 heteroatoms. The lowest BCUT2D eigenvalue weighted by molar-refractivity contribution is -0.134. The molecule has 0 atom stereocenters. The fourth-order valence-electron chi connectivity index (χ4n) is 2.75. The highest BCUT2D eigenvalue weighted by Crippen LogP contribution is 2.35. The van der Waals surface area contributed by atoms with Crippen LogP contribution in [0.5, 0.6) is 17.2 Å². The van der Waals surface area contributed by atoms with Gasteiger partial charge in [0.15, 0.2) is 5.78 Å². The molecule has 0 radical (unpaired) electrons. The molecule has 0 saturated heterocycles. The van der Waals surface area contributed by atoms with Crippen molar-refractivity contribution in [3.8, 4) is 17.2 Å². The topological polar surface area (TPSA) is 81.8 Å². The van der Waals surface area contributed by atoms with Crippen molar-refractivity contribution in [3.63, 3.8) is 0 Å². The first-order valence-electron chi connectivity index (χ1n) is 9.23. The zero-order chi connectivity index (χ0) is 22.5. The Balaban J connectivity index is 2.01. The molecule has 164 valence electrons. The molecule has 5 nitrogen and oxygen atoms in total. The molecule has 0 aliphatic rings. The number of carbonyl (C=O) groups is 1. The summed E-state index contributed by atoms with van der Waals surface area (Å²) in [6, 6.07) is 6.29. The van der Waals surface area contributed by atoms with E-state index in [1.54, 1.807) is 6.07 Å². The zero-order valence-electron chi connectivity index (χ0n) is 16.6. The van der Waals surface area contributed by atoms with Crippen molar-refractivity contribution in [2.45, 2.75) is 39.3 Å². The van der Waals surface area contributed by atoms with Crippen LogP contribution in [0.4, 0.5) is 18.9 Å². The van der Waals surface area contributed by atoms with Crippen LogP contribution in [0, 0.1) is 6.92 Å². The van der Waals surface area contributed by atoms with Crippen molar-refractivity contribution in [1.82, 2.24) is 0 Å². The number of aromatic hydroxyl groups is 1. The minimum atomic E-state index is -4.40. The standard InChI is InChI=1S/C21H23BrF3NO4/c1-12-10-16(22)19(11-17(12)26)30-9-3-8-29-18-5-4-14(13(2)27)20(28)15(18)6-7-21(23,24)25/h4-5,10-11,28H,3,6-9,26H2,1-2H3. The molecule has 3 N–H and O–H groups in total. The molecular weight excluding hydrogens is 467 g/mol. The van der Waals surface area contributed by atoms with E-state index in [4.69, 9.17) is 15.2 Å². The Morgan fingerprint density at radius 1 is 1.17 bits per heavy atom. The SMILES string of the molecule is CC(=O)c1ccc(OCCCOc2cc(N)c(C)cc2Br)c(CCC(F)(F)F)c1O. The van der Waals surface area contributed by atoms with Crippen LogP contribution in [0.25, 0.3) is 0 Å². The Hall–Kier alpha value is -2.42. The van der Waals surface area contributed by atoms with Gasteiger partial charge in [0, 0.05) is 30.2 Å². The third-order valence-corrected chi connectivity index (χ3v) is 5.02. The third kappa shape index (κ3) is 6.55. The van der Waals surface area contributed by atoms with Gasteiger partial charge >= 0.3 is 6.18 Å². The van der Waals surface area contributed by atoms with E-state index in [2.05, 4.69) is 15.9 Å². The number of hydrogen-bond acceptors (Lipinski definition) is 5. The summed E-state index contributed by atoms with van der Waals surface area (Å²) in [6.07, 6.45) is -5.58. The lowest BCUT2D eigenvalue weighted by Crippen LogP contribution is -2.11. The first-order valence-corrected chi connectivity index (χ1v) is 10.0. The van der Waals surface area contributed by atoms with Crippen LogP contribution in [0.15, 0.2) is 28.7 Å². The Bertz CT molecular complexity index is 916. The number of ketones is 1. The summed E-state index contributed by atoms with van der Waals surface area (Å²) in [5, 5.41) is 10.3. The maximum Gasteiger partial charge on any atom is 0.389 e. The monoisotopic (exact) mass is 489 g/mol. The first-order chi connectivity index (χ1) is 14.0. The van der Waals surface area contributed by atoms with Crippen LogP contribution in [0.2, 0.25) is 0 Å². The number of alkyl halides is 3. The molecule has 0 amide bonds. The predicted octanol–water partition coefficient (Wildman–Crippen LogP) is 5.59. The average Bonchev–Trinajstić information content (AvgIpc) is 2.63. The molecular formula is C21H23BrF3NO4. The number of benzene rings is 2. The van der Waals surface area contributed by atoms with Crippen molar-refractivity contribution in [1.29, 1.82) is 0 Å². The number of anilines is 1. The Kier molecular flexibility index (Phi) is 8.00. The van der Waals surface area contributed by atoms with Crippen LogP contribution < -0.4 is 15.2 Å². The predicted molar refractivity (Wildman–Crippen MR) is 111 cm³/mol. The minimum Gasteiger partial charge on any atom is -0.507 e. The summed E-state index contributed by atoms with van der Waals surface area (Å²) < 4.78 is 49.9. The number of Topliss-reactive ketones (excluding diaryl/α,β-unsaturated/α-hetero) is 1. The summed E-state index contributed by atoms with van der Waals surface area (Å²) in [7, 11) is 0. The van der Waals surface area contributed by atoms with Crippen molar-refractivity contribution in [2.24, 2.45) is 0 Å². The van der Waals surface area contributed by atoms with E-state index in [1.165, 1.54) is 19.1 Å². The second-order valence-electron chi connectivity index (χ2n) is 6.80. The molecule has 0 aliphatic heterocycles. The minimum absolute atomic E-state index is 0.0324. The van der Waals surface area contributed by atoms with Gasteiger partial charge in [-0.25, -0.2) is 0 Å². The van der Waals surface area contributed by atoms with Gasteiger partial charge < -0.3 is 20.3 Å². The van der Waals surface area contributed by atoms with E-state index in [-0.39, 0.29) is 30.1 Å². The van der Waals surface area contributed by atoms with Gasteiger partial charge in [-0.3, -0.25) is 4.79 Å². The van der Waals surface area contributed by atoms with Crippen LogP contribution in [0.3, 0.4) is 0 Å². The summed E-state index contributed by atoms with van der Waals surface area (Å²) in [4.78, 5) is 11.6. The summed E-state index contributed by atoms with van der Waals surface area (Å²) in [6.45, 7) is 3.55. The average molecular weight is 490 g/mol. The van der Waals surface area contributed by atoms with Gasteiger partial charge in [0.2, 0.25) is 0 Å². The second-order valence-corrected chi connectivity index (χ2v) is 7.65. The number of phenols is 1. The molecule has 0 unspecified atom stereocenters. The molecule has 2 aromatic rings. The quantitative estimate of drug-likeness (QED) is 0.272. The summed E-state index contributed by atoms with van der Waals surface area (Å²) in [5.74, 6) is -0.224. The van der Waals surface area contributed by atoms with Crippen LogP contribution in [-0.2, 0) is 6.42 Å². The fourth-order valence-corrected chi connectivity index (χ4v) is 3.32.